The molecule has 2 aromatic heterocycles. The molecule has 11 rings (SSSR count). The van der Waals surface area contributed by atoms with E-state index in [0.717, 1.165) is 77.9 Å². The topological polar surface area (TPSA) is 55.1 Å². The Morgan fingerprint density at radius 2 is 0.694 bits per heavy atom. The van der Waals surface area contributed by atoms with Crippen molar-refractivity contribution in [1.29, 1.82) is 0 Å². The quantitative estimate of drug-likeness (QED) is 0.146. The van der Waals surface area contributed by atoms with E-state index in [9.17, 15) is 0 Å². The Morgan fingerprint density at radius 3 is 1.26 bits per heavy atom. The predicted octanol–water partition coefficient (Wildman–Crippen LogP) is 15.2. The summed E-state index contributed by atoms with van der Waals surface area (Å²) in [6, 6.07) is 79.9. The first-order valence-electron chi connectivity index (χ1n) is 20.8. The third-order valence-corrected chi connectivity index (χ3v) is 11.4. The highest BCUT2D eigenvalue weighted by Gasteiger charge is 2.19. The molecule has 9 aromatic carbocycles. The van der Waals surface area contributed by atoms with E-state index in [-0.39, 0.29) is 0 Å². The van der Waals surface area contributed by atoms with Crippen molar-refractivity contribution in [1.82, 2.24) is 15.0 Å². The molecule has 5 heteroatoms. The lowest BCUT2D eigenvalue weighted by Crippen LogP contribution is -2.09. The van der Waals surface area contributed by atoms with Gasteiger partial charge in [0.05, 0.1) is 0 Å². The minimum absolute atomic E-state index is 0.589. The van der Waals surface area contributed by atoms with Crippen molar-refractivity contribution in [3.63, 3.8) is 0 Å². The van der Waals surface area contributed by atoms with Crippen LogP contribution < -0.4 is 4.90 Å². The molecule has 0 radical (unpaired) electrons. The highest BCUT2D eigenvalue weighted by Crippen LogP contribution is 2.40. The van der Waals surface area contributed by atoms with Crippen LogP contribution in [0.1, 0.15) is 0 Å². The lowest BCUT2D eigenvalue weighted by molar-refractivity contribution is 0.669. The monoisotopic (exact) mass is 794 g/mol. The second-order valence-corrected chi connectivity index (χ2v) is 15.2. The van der Waals surface area contributed by atoms with E-state index >= 15 is 0 Å². The molecule has 0 bridgehead atoms. The Balaban J connectivity index is 0.946. The average Bonchev–Trinajstić information content (AvgIpc) is 3.74. The third-order valence-electron chi connectivity index (χ3n) is 11.4. The minimum atomic E-state index is 0.589. The first kappa shape index (κ1) is 36.7. The van der Waals surface area contributed by atoms with Gasteiger partial charge in [0.2, 0.25) is 0 Å². The predicted molar refractivity (Wildman–Crippen MR) is 254 cm³/mol. The summed E-state index contributed by atoms with van der Waals surface area (Å²) in [4.78, 5) is 17.5. The van der Waals surface area contributed by atoms with Gasteiger partial charge in [0.15, 0.2) is 17.5 Å². The molecule has 0 aliphatic carbocycles. The summed E-state index contributed by atoms with van der Waals surface area (Å²) in [5, 5.41) is 1.97. The van der Waals surface area contributed by atoms with Crippen molar-refractivity contribution in [2.45, 2.75) is 0 Å². The molecule has 0 atom stereocenters. The summed E-state index contributed by atoms with van der Waals surface area (Å²) in [6.45, 7) is 0. The van der Waals surface area contributed by atoms with Crippen molar-refractivity contribution >= 4 is 39.0 Å². The SMILES string of the molecule is c1ccc(-c2ccc(-c3nc(-c4ccccc4)nc(-c4cccc5oc6cc(-c7ccc(N(c8ccccc8)c8ccc(-c9ccccc9)cc8)cc7)ccc6c45)n3)cc2)cc1. The van der Waals surface area contributed by atoms with Crippen LogP contribution in [0.5, 0.6) is 0 Å². The van der Waals surface area contributed by atoms with Gasteiger partial charge in [-0.3, -0.25) is 0 Å². The van der Waals surface area contributed by atoms with Gasteiger partial charge in [0.1, 0.15) is 11.2 Å². The summed E-state index contributed by atoms with van der Waals surface area (Å²) in [5.74, 6) is 1.81. The van der Waals surface area contributed by atoms with Gasteiger partial charge in [-0.15, -0.1) is 0 Å². The molecular weight excluding hydrogens is 757 g/mol. The minimum Gasteiger partial charge on any atom is -0.456 e. The fourth-order valence-corrected chi connectivity index (χ4v) is 8.24. The maximum Gasteiger partial charge on any atom is 0.164 e. The largest absolute Gasteiger partial charge is 0.456 e. The number of fused-ring (bicyclic) bond motifs is 3. The molecule has 0 aliphatic rings. The van der Waals surface area contributed by atoms with Crippen molar-refractivity contribution in [2.75, 3.05) is 4.90 Å². The fourth-order valence-electron chi connectivity index (χ4n) is 8.24. The van der Waals surface area contributed by atoms with Crippen LogP contribution in [0.4, 0.5) is 17.1 Å². The molecule has 5 nitrogen and oxygen atoms in total. The lowest BCUT2D eigenvalue weighted by atomic mass is 10.0. The van der Waals surface area contributed by atoms with Gasteiger partial charge >= 0.3 is 0 Å². The fraction of sp³-hybridized carbons (Fsp3) is 0. The number of hydrogen-bond acceptors (Lipinski definition) is 5. The van der Waals surface area contributed by atoms with Gasteiger partial charge in [-0.05, 0) is 88.0 Å². The van der Waals surface area contributed by atoms with Crippen molar-refractivity contribution in [2.24, 2.45) is 0 Å². The first-order chi connectivity index (χ1) is 30.7. The number of nitrogens with zero attached hydrogens (tertiary/aromatic N) is 4. The van der Waals surface area contributed by atoms with Crippen LogP contribution in [0.3, 0.4) is 0 Å². The Bertz CT molecular complexity index is 3300. The van der Waals surface area contributed by atoms with E-state index in [0.29, 0.717) is 17.5 Å². The second-order valence-electron chi connectivity index (χ2n) is 15.2. The van der Waals surface area contributed by atoms with Crippen LogP contribution in [-0.2, 0) is 0 Å². The van der Waals surface area contributed by atoms with Gasteiger partial charge in [-0.1, -0.05) is 176 Å². The summed E-state index contributed by atoms with van der Waals surface area (Å²) in [6.07, 6.45) is 0. The zero-order valence-electron chi connectivity index (χ0n) is 33.6. The molecule has 0 fully saturated rings. The van der Waals surface area contributed by atoms with Gasteiger partial charge in [-0.2, -0.15) is 0 Å². The zero-order valence-corrected chi connectivity index (χ0v) is 33.6. The highest BCUT2D eigenvalue weighted by molar-refractivity contribution is 6.12. The van der Waals surface area contributed by atoms with Crippen LogP contribution in [0, 0.1) is 0 Å². The normalized spacial score (nSPS) is 11.2. The number of furan rings is 1. The Labute approximate surface area is 359 Å². The molecule has 0 aliphatic heterocycles. The molecule has 0 spiro atoms. The number of hydrogen-bond donors (Lipinski definition) is 0. The summed E-state index contributed by atoms with van der Waals surface area (Å²) in [7, 11) is 0. The van der Waals surface area contributed by atoms with Gasteiger partial charge < -0.3 is 9.32 Å². The van der Waals surface area contributed by atoms with Gasteiger partial charge in [-0.25, -0.2) is 15.0 Å². The van der Waals surface area contributed by atoms with Gasteiger partial charge in [0, 0.05) is 44.5 Å². The molecule has 0 N–H and O–H groups in total. The molecular formula is C57H38N4O. The molecule has 0 saturated heterocycles. The Hall–Kier alpha value is -8.41. The Kier molecular flexibility index (Phi) is 9.45. The van der Waals surface area contributed by atoms with Gasteiger partial charge in [0.25, 0.3) is 0 Å². The van der Waals surface area contributed by atoms with Crippen LogP contribution >= 0.6 is 0 Å². The van der Waals surface area contributed by atoms with Crippen LogP contribution in [-0.4, -0.2) is 15.0 Å². The number of rotatable bonds is 9. The maximum atomic E-state index is 6.60. The molecule has 2 heterocycles. The lowest BCUT2D eigenvalue weighted by Gasteiger charge is -2.26. The summed E-state index contributed by atoms with van der Waals surface area (Å²) < 4.78 is 6.60. The number of para-hydroxylation sites is 1. The molecule has 62 heavy (non-hydrogen) atoms. The molecule has 11 aromatic rings. The average molecular weight is 795 g/mol. The van der Waals surface area contributed by atoms with Crippen molar-refractivity contribution in [3.05, 3.63) is 231 Å². The Morgan fingerprint density at radius 1 is 0.290 bits per heavy atom. The van der Waals surface area contributed by atoms with E-state index in [1.807, 2.05) is 54.6 Å². The van der Waals surface area contributed by atoms with Crippen LogP contribution in [0.2, 0.25) is 0 Å². The number of anilines is 3. The highest BCUT2D eigenvalue weighted by atomic mass is 16.3. The number of aromatic nitrogens is 3. The maximum absolute atomic E-state index is 6.60. The standard InChI is InChI=1S/C57H38N4O/c1-5-14-39(15-6-1)41-24-26-45(27-25-41)56-58-55(44-18-9-3-10-19-44)59-57(60-56)51-22-13-23-52-54(51)50-37-32-46(38-53(50)62-52)43-30-35-49(36-31-43)61(47-20-11-4-12-21-47)48-33-28-42(29-34-48)40-16-7-2-8-17-40/h1-38H. The summed E-state index contributed by atoms with van der Waals surface area (Å²) in [5.41, 5.74) is 14.4. The number of benzene rings is 9. The first-order valence-corrected chi connectivity index (χ1v) is 20.8. The van der Waals surface area contributed by atoms with Crippen LogP contribution in [0.15, 0.2) is 235 Å². The van der Waals surface area contributed by atoms with E-state index in [2.05, 4.69) is 181 Å². The smallest absolute Gasteiger partial charge is 0.164 e. The molecule has 0 saturated carbocycles. The summed E-state index contributed by atoms with van der Waals surface area (Å²) >= 11 is 0. The van der Waals surface area contributed by atoms with E-state index in [1.54, 1.807) is 0 Å². The van der Waals surface area contributed by atoms with Crippen molar-refractivity contribution in [3.8, 4) is 67.5 Å². The molecule has 0 amide bonds. The van der Waals surface area contributed by atoms with Crippen molar-refractivity contribution < 1.29 is 4.42 Å². The van der Waals surface area contributed by atoms with E-state index < -0.39 is 0 Å². The zero-order chi connectivity index (χ0) is 41.2. The molecule has 292 valence electrons. The third kappa shape index (κ3) is 7.08. The second kappa shape index (κ2) is 16.0. The van der Waals surface area contributed by atoms with E-state index in [1.165, 1.54) is 11.1 Å². The molecule has 0 unspecified atom stereocenters. The van der Waals surface area contributed by atoms with E-state index in [4.69, 9.17) is 19.4 Å². The van der Waals surface area contributed by atoms with Crippen LogP contribution in [0.25, 0.3) is 89.5 Å².